The third-order valence-electron chi connectivity index (χ3n) is 2.39. The van der Waals surface area contributed by atoms with E-state index in [1.165, 1.54) is 18.2 Å². The number of carbonyl (C=O) groups is 1. The minimum Gasteiger partial charge on any atom is -0.368 e. The van der Waals surface area contributed by atoms with E-state index in [4.69, 9.17) is 11.0 Å². The normalized spacial score (nSPS) is 9.56. The van der Waals surface area contributed by atoms with E-state index in [0.29, 0.717) is 12.2 Å². The van der Waals surface area contributed by atoms with E-state index in [0.717, 1.165) is 0 Å². The van der Waals surface area contributed by atoms with Gasteiger partial charge in [0.15, 0.2) is 0 Å². The Balaban J connectivity index is 3.15. The zero-order chi connectivity index (χ0) is 13.7. The molecular formula is C11H12N4O3. The highest BCUT2D eigenvalue weighted by molar-refractivity contribution is 5.79. The third-order valence-corrected chi connectivity index (χ3v) is 2.39. The number of nitrogens with two attached hydrogens (primary N) is 1. The lowest BCUT2D eigenvalue weighted by molar-refractivity contribution is -0.385. The smallest absolute Gasteiger partial charge is 0.287 e. The van der Waals surface area contributed by atoms with Crippen LogP contribution in [0.5, 0.6) is 0 Å². The zero-order valence-electron chi connectivity index (χ0n) is 9.79. The number of nitro groups is 1. The van der Waals surface area contributed by atoms with Crippen molar-refractivity contribution >= 4 is 17.3 Å². The van der Waals surface area contributed by atoms with Crippen LogP contribution in [0.4, 0.5) is 11.4 Å². The first kappa shape index (κ1) is 13.4. The van der Waals surface area contributed by atoms with Crippen LogP contribution < -0.4 is 10.6 Å². The van der Waals surface area contributed by atoms with E-state index in [2.05, 4.69) is 0 Å². The van der Waals surface area contributed by atoms with Gasteiger partial charge >= 0.3 is 0 Å². The maximum absolute atomic E-state index is 10.9. The SMILES string of the molecule is CCN(CC(N)=O)c1ccc([N+](=O)[O-])c(C#N)c1. The number of benzene rings is 1. The van der Waals surface area contributed by atoms with Crippen molar-refractivity contribution < 1.29 is 9.72 Å². The van der Waals surface area contributed by atoms with E-state index in [1.54, 1.807) is 11.0 Å². The molecule has 1 rings (SSSR count). The molecule has 0 bridgehead atoms. The van der Waals surface area contributed by atoms with Crippen LogP contribution in [0.2, 0.25) is 0 Å². The van der Waals surface area contributed by atoms with Crippen molar-refractivity contribution in [1.82, 2.24) is 0 Å². The summed E-state index contributed by atoms with van der Waals surface area (Å²) in [6, 6.07) is 5.88. The molecular weight excluding hydrogens is 236 g/mol. The van der Waals surface area contributed by atoms with E-state index < -0.39 is 10.8 Å². The van der Waals surface area contributed by atoms with Gasteiger partial charge in [-0.15, -0.1) is 0 Å². The van der Waals surface area contributed by atoms with Gasteiger partial charge in [0.25, 0.3) is 5.69 Å². The molecule has 0 heterocycles. The number of carbonyl (C=O) groups excluding carboxylic acids is 1. The maximum atomic E-state index is 10.9. The molecule has 0 fully saturated rings. The van der Waals surface area contributed by atoms with Gasteiger partial charge in [0.2, 0.25) is 5.91 Å². The lowest BCUT2D eigenvalue weighted by atomic mass is 10.1. The number of amides is 1. The lowest BCUT2D eigenvalue weighted by Gasteiger charge is -2.21. The summed E-state index contributed by atoms with van der Waals surface area (Å²) in [5.74, 6) is -0.506. The van der Waals surface area contributed by atoms with Crippen molar-refractivity contribution in [3.8, 4) is 6.07 Å². The van der Waals surface area contributed by atoms with Crippen molar-refractivity contribution in [3.63, 3.8) is 0 Å². The quantitative estimate of drug-likeness (QED) is 0.610. The summed E-state index contributed by atoms with van der Waals surface area (Å²) in [5, 5.41) is 19.5. The number of primary amides is 1. The highest BCUT2D eigenvalue weighted by atomic mass is 16.6. The zero-order valence-corrected chi connectivity index (χ0v) is 9.79. The van der Waals surface area contributed by atoms with Gasteiger partial charge in [-0.3, -0.25) is 14.9 Å². The van der Waals surface area contributed by atoms with Crippen LogP contribution in [-0.4, -0.2) is 23.9 Å². The fourth-order valence-corrected chi connectivity index (χ4v) is 1.54. The molecule has 2 N–H and O–H groups in total. The number of rotatable bonds is 5. The highest BCUT2D eigenvalue weighted by Crippen LogP contribution is 2.24. The van der Waals surface area contributed by atoms with Gasteiger partial charge < -0.3 is 10.6 Å². The summed E-state index contributed by atoms with van der Waals surface area (Å²) in [7, 11) is 0. The van der Waals surface area contributed by atoms with E-state index in [1.807, 2.05) is 6.92 Å². The molecule has 1 amide bonds. The number of nitro benzene ring substituents is 1. The Bertz CT molecular complexity index is 522. The Morgan fingerprint density at radius 3 is 2.72 bits per heavy atom. The van der Waals surface area contributed by atoms with Gasteiger partial charge in [-0.05, 0) is 19.1 Å². The molecule has 0 spiro atoms. The van der Waals surface area contributed by atoms with Gasteiger partial charge in [0.1, 0.15) is 11.6 Å². The number of likely N-dealkylation sites (N-methyl/N-ethyl adjacent to an activating group) is 1. The van der Waals surface area contributed by atoms with E-state index >= 15 is 0 Å². The first-order valence-corrected chi connectivity index (χ1v) is 5.21. The first-order valence-electron chi connectivity index (χ1n) is 5.21. The van der Waals surface area contributed by atoms with Crippen molar-refractivity contribution in [2.24, 2.45) is 5.73 Å². The lowest BCUT2D eigenvalue weighted by Crippen LogP contribution is -2.33. The standard InChI is InChI=1S/C11H12N4O3/c1-2-14(7-11(13)16)9-3-4-10(15(17)18)8(5-9)6-12/h3-5H,2,7H2,1H3,(H2,13,16). The Morgan fingerprint density at radius 1 is 1.61 bits per heavy atom. The molecule has 18 heavy (non-hydrogen) atoms. The number of hydrogen-bond acceptors (Lipinski definition) is 5. The van der Waals surface area contributed by atoms with Crippen LogP contribution in [0.3, 0.4) is 0 Å². The van der Waals surface area contributed by atoms with Crippen molar-refractivity contribution in [3.05, 3.63) is 33.9 Å². The Kier molecular flexibility index (Phi) is 4.21. The second-order valence-corrected chi connectivity index (χ2v) is 3.55. The Morgan fingerprint density at radius 2 is 2.28 bits per heavy atom. The van der Waals surface area contributed by atoms with Crippen molar-refractivity contribution in [1.29, 1.82) is 5.26 Å². The third kappa shape index (κ3) is 2.95. The fourth-order valence-electron chi connectivity index (χ4n) is 1.54. The number of nitriles is 1. The molecule has 1 aromatic rings. The predicted molar refractivity (Wildman–Crippen MR) is 64.9 cm³/mol. The van der Waals surface area contributed by atoms with Crippen molar-refractivity contribution in [2.45, 2.75) is 6.92 Å². The molecule has 7 heteroatoms. The topological polar surface area (TPSA) is 113 Å². The molecule has 0 atom stereocenters. The largest absolute Gasteiger partial charge is 0.368 e. The summed E-state index contributed by atoms with van der Waals surface area (Å²) in [4.78, 5) is 22.6. The molecule has 7 nitrogen and oxygen atoms in total. The van der Waals surface area contributed by atoms with E-state index in [-0.39, 0.29) is 17.8 Å². The van der Waals surface area contributed by atoms with E-state index in [9.17, 15) is 14.9 Å². The van der Waals surface area contributed by atoms with Crippen LogP contribution in [-0.2, 0) is 4.79 Å². The van der Waals surface area contributed by atoms with Crippen molar-refractivity contribution in [2.75, 3.05) is 18.0 Å². The molecule has 0 aliphatic carbocycles. The number of hydrogen-bond donors (Lipinski definition) is 1. The van der Waals surface area contributed by atoms with Crippen LogP contribution in [0.25, 0.3) is 0 Å². The fraction of sp³-hybridized carbons (Fsp3) is 0.273. The average molecular weight is 248 g/mol. The number of anilines is 1. The summed E-state index contributed by atoms with van der Waals surface area (Å²) in [5.41, 5.74) is 5.36. The molecule has 0 saturated carbocycles. The molecule has 1 aromatic carbocycles. The summed E-state index contributed by atoms with van der Waals surface area (Å²) < 4.78 is 0. The highest BCUT2D eigenvalue weighted by Gasteiger charge is 2.16. The monoisotopic (exact) mass is 248 g/mol. The second kappa shape index (κ2) is 5.63. The van der Waals surface area contributed by atoms with Gasteiger partial charge in [-0.1, -0.05) is 0 Å². The minimum atomic E-state index is -0.618. The minimum absolute atomic E-state index is 0.000814. The molecule has 0 unspecified atom stereocenters. The Labute approximate surface area is 104 Å². The molecule has 94 valence electrons. The second-order valence-electron chi connectivity index (χ2n) is 3.55. The predicted octanol–water partition coefficient (Wildman–Crippen LogP) is 0.778. The summed E-state index contributed by atoms with van der Waals surface area (Å²) in [6.07, 6.45) is 0. The van der Waals surface area contributed by atoms with Gasteiger partial charge in [-0.25, -0.2) is 0 Å². The molecule has 0 saturated heterocycles. The van der Waals surface area contributed by atoms with Crippen LogP contribution in [0.1, 0.15) is 12.5 Å². The average Bonchev–Trinajstić information content (AvgIpc) is 2.34. The summed E-state index contributed by atoms with van der Waals surface area (Å²) >= 11 is 0. The van der Waals surface area contributed by atoms with Gasteiger partial charge in [0.05, 0.1) is 11.5 Å². The summed E-state index contributed by atoms with van der Waals surface area (Å²) in [6.45, 7) is 2.32. The maximum Gasteiger partial charge on any atom is 0.287 e. The van der Waals surface area contributed by atoms with Crippen LogP contribution >= 0.6 is 0 Å². The first-order chi connectivity index (χ1) is 8.49. The van der Waals surface area contributed by atoms with Crippen LogP contribution in [0.15, 0.2) is 18.2 Å². The van der Waals surface area contributed by atoms with Gasteiger partial charge in [0, 0.05) is 18.3 Å². The van der Waals surface area contributed by atoms with Gasteiger partial charge in [-0.2, -0.15) is 5.26 Å². The molecule has 0 aliphatic rings. The molecule has 0 aliphatic heterocycles. The Hall–Kier alpha value is -2.62. The molecule has 0 aromatic heterocycles. The van der Waals surface area contributed by atoms with Crippen LogP contribution in [0, 0.1) is 21.4 Å². The molecule has 0 radical (unpaired) electrons. The number of nitrogens with zero attached hydrogens (tertiary/aromatic N) is 3.